The maximum absolute atomic E-state index is 2.81. The highest BCUT2D eigenvalue weighted by Crippen LogP contribution is 2.31. The van der Waals surface area contributed by atoms with Crippen LogP contribution in [0, 0.1) is 5.92 Å². The van der Waals surface area contributed by atoms with Gasteiger partial charge in [0, 0.05) is 12.6 Å². The highest BCUT2D eigenvalue weighted by Gasteiger charge is 2.33. The minimum atomic E-state index is 0.944. The van der Waals surface area contributed by atoms with Gasteiger partial charge in [0.25, 0.3) is 0 Å². The summed E-state index contributed by atoms with van der Waals surface area (Å²) in [6, 6.07) is 0.944. The zero-order valence-corrected chi connectivity index (χ0v) is 11.2. The predicted molar refractivity (Wildman–Crippen MR) is 72.2 cm³/mol. The van der Waals surface area contributed by atoms with Crippen LogP contribution >= 0.6 is 0 Å². The van der Waals surface area contributed by atoms with Crippen LogP contribution in [0.4, 0.5) is 0 Å². The molecule has 2 atom stereocenters. The molecule has 3 rings (SSSR count). The molecule has 98 valence electrons. The molecule has 3 saturated heterocycles. The van der Waals surface area contributed by atoms with Crippen LogP contribution in [0.3, 0.4) is 0 Å². The van der Waals surface area contributed by atoms with Gasteiger partial charge < -0.3 is 9.80 Å². The lowest BCUT2D eigenvalue weighted by molar-refractivity contribution is 0.0371. The number of hydrogen-bond acceptors (Lipinski definition) is 2. The van der Waals surface area contributed by atoms with E-state index in [4.69, 9.17) is 0 Å². The van der Waals surface area contributed by atoms with E-state index in [0.29, 0.717) is 0 Å². The van der Waals surface area contributed by atoms with Crippen LogP contribution in [-0.2, 0) is 0 Å². The molecule has 0 unspecified atom stereocenters. The van der Waals surface area contributed by atoms with Gasteiger partial charge in [0.2, 0.25) is 0 Å². The molecule has 2 heteroatoms. The molecule has 0 bridgehead atoms. The summed E-state index contributed by atoms with van der Waals surface area (Å²) >= 11 is 0. The monoisotopic (exact) mass is 236 g/mol. The maximum Gasteiger partial charge on any atom is 0.0136 e. The van der Waals surface area contributed by atoms with Gasteiger partial charge in [0.1, 0.15) is 0 Å². The molecule has 3 heterocycles. The van der Waals surface area contributed by atoms with Gasteiger partial charge in [-0.05, 0) is 70.6 Å². The van der Waals surface area contributed by atoms with Crippen LogP contribution in [0.2, 0.25) is 0 Å². The zero-order valence-electron chi connectivity index (χ0n) is 11.2. The van der Waals surface area contributed by atoms with Crippen molar-refractivity contribution < 1.29 is 0 Å². The Morgan fingerprint density at radius 2 is 1.47 bits per heavy atom. The van der Waals surface area contributed by atoms with E-state index >= 15 is 0 Å². The van der Waals surface area contributed by atoms with Crippen molar-refractivity contribution >= 4 is 0 Å². The summed E-state index contributed by atoms with van der Waals surface area (Å²) in [6.07, 6.45) is 11.7. The SMILES string of the molecule is C1CCN(C[C@@H]2CCCN3CCCC[C@H]23)CC1. The standard InChI is InChI=1S/C15H28N2/c1-3-9-16(10-4-1)13-14-7-6-12-17-11-5-2-8-15(14)17/h14-15H,1-13H2/t14-,15+/m0/s1. The van der Waals surface area contributed by atoms with E-state index in [1.165, 1.54) is 84.1 Å². The van der Waals surface area contributed by atoms with Gasteiger partial charge in [0.05, 0.1) is 0 Å². The average molecular weight is 236 g/mol. The van der Waals surface area contributed by atoms with Crippen molar-refractivity contribution in [1.29, 1.82) is 0 Å². The number of rotatable bonds is 2. The molecule has 2 nitrogen and oxygen atoms in total. The van der Waals surface area contributed by atoms with Crippen LogP contribution < -0.4 is 0 Å². The van der Waals surface area contributed by atoms with E-state index in [1.54, 1.807) is 0 Å². The van der Waals surface area contributed by atoms with Crippen LogP contribution in [0.15, 0.2) is 0 Å². The summed E-state index contributed by atoms with van der Waals surface area (Å²) in [7, 11) is 0. The molecule has 0 aromatic rings. The van der Waals surface area contributed by atoms with Crippen molar-refractivity contribution in [3.63, 3.8) is 0 Å². The molecule has 0 aromatic heterocycles. The van der Waals surface area contributed by atoms with E-state index in [1.807, 2.05) is 0 Å². The second-order valence-electron chi connectivity index (χ2n) is 6.36. The minimum Gasteiger partial charge on any atom is -0.303 e. The Hall–Kier alpha value is -0.0800. The second kappa shape index (κ2) is 5.71. The van der Waals surface area contributed by atoms with Gasteiger partial charge in [-0.25, -0.2) is 0 Å². The summed E-state index contributed by atoms with van der Waals surface area (Å²) in [5.41, 5.74) is 0. The van der Waals surface area contributed by atoms with E-state index in [-0.39, 0.29) is 0 Å². The Bertz CT molecular complexity index is 233. The summed E-state index contributed by atoms with van der Waals surface area (Å²) in [5.74, 6) is 0.988. The number of fused-ring (bicyclic) bond motifs is 1. The van der Waals surface area contributed by atoms with Crippen molar-refractivity contribution in [1.82, 2.24) is 9.80 Å². The van der Waals surface area contributed by atoms with Crippen molar-refractivity contribution in [3.05, 3.63) is 0 Å². The van der Waals surface area contributed by atoms with E-state index in [9.17, 15) is 0 Å². The normalized spacial score (nSPS) is 36.7. The van der Waals surface area contributed by atoms with E-state index < -0.39 is 0 Å². The molecule has 3 aliphatic rings. The van der Waals surface area contributed by atoms with Gasteiger partial charge in [0.15, 0.2) is 0 Å². The molecule has 0 spiro atoms. The van der Waals surface area contributed by atoms with Crippen molar-refractivity contribution in [2.24, 2.45) is 5.92 Å². The third kappa shape index (κ3) is 2.85. The quantitative estimate of drug-likeness (QED) is 0.727. The number of hydrogen-bond donors (Lipinski definition) is 0. The van der Waals surface area contributed by atoms with E-state index in [2.05, 4.69) is 9.80 Å². The minimum absolute atomic E-state index is 0.944. The molecule has 3 fully saturated rings. The fourth-order valence-corrected chi connectivity index (χ4v) is 4.26. The van der Waals surface area contributed by atoms with Crippen molar-refractivity contribution in [2.45, 2.75) is 57.4 Å². The lowest BCUT2D eigenvalue weighted by Gasteiger charge is -2.46. The molecular formula is C15H28N2. The number of nitrogens with zero attached hydrogens (tertiary/aromatic N) is 2. The summed E-state index contributed by atoms with van der Waals surface area (Å²) in [5, 5.41) is 0. The molecule has 0 aliphatic carbocycles. The van der Waals surface area contributed by atoms with Gasteiger partial charge in [-0.2, -0.15) is 0 Å². The highest BCUT2D eigenvalue weighted by molar-refractivity contribution is 4.88. The van der Waals surface area contributed by atoms with Gasteiger partial charge in [-0.1, -0.05) is 12.8 Å². The molecule has 0 saturated carbocycles. The molecule has 17 heavy (non-hydrogen) atoms. The Balaban J connectivity index is 1.56. The second-order valence-corrected chi connectivity index (χ2v) is 6.36. The van der Waals surface area contributed by atoms with Crippen LogP contribution in [-0.4, -0.2) is 48.6 Å². The first-order valence-corrected chi connectivity index (χ1v) is 7.90. The number of likely N-dealkylation sites (tertiary alicyclic amines) is 1. The molecule has 0 amide bonds. The maximum atomic E-state index is 2.81. The van der Waals surface area contributed by atoms with Crippen LogP contribution in [0.5, 0.6) is 0 Å². The Morgan fingerprint density at radius 1 is 0.706 bits per heavy atom. The van der Waals surface area contributed by atoms with Crippen molar-refractivity contribution in [3.8, 4) is 0 Å². The van der Waals surface area contributed by atoms with Crippen molar-refractivity contribution in [2.75, 3.05) is 32.7 Å². The van der Waals surface area contributed by atoms with E-state index in [0.717, 1.165) is 12.0 Å². The molecule has 3 aliphatic heterocycles. The largest absolute Gasteiger partial charge is 0.303 e. The Morgan fingerprint density at radius 3 is 2.35 bits per heavy atom. The van der Waals surface area contributed by atoms with Crippen LogP contribution in [0.25, 0.3) is 0 Å². The first kappa shape index (κ1) is 12.0. The molecule has 0 N–H and O–H groups in total. The lowest BCUT2D eigenvalue weighted by atomic mass is 9.83. The fourth-order valence-electron chi connectivity index (χ4n) is 4.26. The molecule has 0 aromatic carbocycles. The van der Waals surface area contributed by atoms with Crippen LogP contribution in [0.1, 0.15) is 51.4 Å². The summed E-state index contributed by atoms with van der Waals surface area (Å²) < 4.78 is 0. The topological polar surface area (TPSA) is 6.48 Å². The third-order valence-electron chi connectivity index (χ3n) is 5.17. The third-order valence-corrected chi connectivity index (χ3v) is 5.17. The fraction of sp³-hybridized carbons (Fsp3) is 1.00. The molecular weight excluding hydrogens is 208 g/mol. The molecule has 0 radical (unpaired) electrons. The summed E-state index contributed by atoms with van der Waals surface area (Å²) in [4.78, 5) is 5.56. The average Bonchev–Trinajstić information content (AvgIpc) is 2.40. The first-order valence-electron chi connectivity index (χ1n) is 7.90. The lowest BCUT2D eigenvalue weighted by Crippen LogP contribution is -2.51. The zero-order chi connectivity index (χ0) is 11.5. The highest BCUT2D eigenvalue weighted by atomic mass is 15.2. The smallest absolute Gasteiger partial charge is 0.0136 e. The van der Waals surface area contributed by atoms with Gasteiger partial charge in [-0.3, -0.25) is 0 Å². The number of piperidine rings is 3. The van der Waals surface area contributed by atoms with Gasteiger partial charge in [-0.15, -0.1) is 0 Å². The first-order chi connectivity index (χ1) is 8.43. The summed E-state index contributed by atoms with van der Waals surface area (Å²) in [6.45, 7) is 6.94. The Kier molecular flexibility index (Phi) is 4.02. The predicted octanol–water partition coefficient (Wildman–Crippen LogP) is 2.74. The Labute approximate surface area is 106 Å². The van der Waals surface area contributed by atoms with Gasteiger partial charge >= 0.3 is 0 Å².